The summed E-state index contributed by atoms with van der Waals surface area (Å²) in [7, 11) is 3.31. The molecule has 0 aliphatic rings. The smallest absolute Gasteiger partial charge is 0.410 e. The van der Waals surface area contributed by atoms with Crippen molar-refractivity contribution in [2.45, 2.75) is 0 Å². The zero-order valence-corrected chi connectivity index (χ0v) is 12.4. The minimum atomic E-state index is -0.573. The summed E-state index contributed by atoms with van der Waals surface area (Å²) in [5.74, 6) is 0.385. The van der Waals surface area contributed by atoms with Crippen molar-refractivity contribution >= 4 is 23.5 Å². The van der Waals surface area contributed by atoms with E-state index in [0.29, 0.717) is 17.1 Å². The van der Waals surface area contributed by atoms with Gasteiger partial charge in [-0.25, -0.2) is 9.59 Å². The molecule has 2 aromatic rings. The van der Waals surface area contributed by atoms with E-state index >= 15 is 0 Å². The molecular formula is C16H17N3O3. The van der Waals surface area contributed by atoms with Gasteiger partial charge in [0.05, 0.1) is 0 Å². The summed E-state index contributed by atoms with van der Waals surface area (Å²) in [6.07, 6.45) is -0.573. The lowest BCUT2D eigenvalue weighted by Crippen LogP contribution is -2.27. The lowest BCUT2D eigenvalue weighted by atomic mass is 10.3. The summed E-state index contributed by atoms with van der Waals surface area (Å²) in [5, 5.41) is 5.31. The highest BCUT2D eigenvalue weighted by Crippen LogP contribution is 2.17. The van der Waals surface area contributed by atoms with Crippen LogP contribution >= 0.6 is 0 Å². The fourth-order valence-electron chi connectivity index (χ4n) is 1.61. The Morgan fingerprint density at radius 2 is 1.45 bits per heavy atom. The molecule has 0 saturated carbocycles. The maximum absolute atomic E-state index is 11.7. The van der Waals surface area contributed by atoms with Crippen LogP contribution in [-0.2, 0) is 0 Å². The summed E-state index contributed by atoms with van der Waals surface area (Å²) < 4.78 is 5.15. The van der Waals surface area contributed by atoms with Crippen molar-refractivity contribution in [3.8, 4) is 5.75 Å². The Morgan fingerprint density at radius 1 is 0.864 bits per heavy atom. The molecule has 0 spiro atoms. The normalized spacial score (nSPS) is 9.73. The fourth-order valence-corrected chi connectivity index (χ4v) is 1.61. The van der Waals surface area contributed by atoms with Gasteiger partial charge in [-0.05, 0) is 36.4 Å². The number of hydrogen-bond donors (Lipinski definition) is 2. The summed E-state index contributed by atoms with van der Waals surface area (Å²) in [4.78, 5) is 24.6. The average molecular weight is 299 g/mol. The zero-order valence-electron chi connectivity index (χ0n) is 12.4. The van der Waals surface area contributed by atoms with Crippen LogP contribution in [0.2, 0.25) is 0 Å². The molecule has 22 heavy (non-hydrogen) atoms. The summed E-state index contributed by atoms with van der Waals surface area (Å²) >= 11 is 0. The van der Waals surface area contributed by atoms with Crippen LogP contribution in [0.1, 0.15) is 0 Å². The third-order valence-corrected chi connectivity index (χ3v) is 2.74. The molecule has 0 heterocycles. The first-order chi connectivity index (χ1) is 10.5. The number of rotatable bonds is 3. The highest BCUT2D eigenvalue weighted by molar-refractivity contribution is 5.89. The van der Waals surface area contributed by atoms with Gasteiger partial charge in [0.25, 0.3) is 0 Å². The standard InChI is InChI=1S/C16H17N3O3/c1-19(2)15(20)17-13-8-10-14(11-9-13)22-16(21)18-12-6-4-3-5-7-12/h3-11H,1-2H3,(H,17,20)(H,18,21). The van der Waals surface area contributed by atoms with E-state index < -0.39 is 6.09 Å². The quantitative estimate of drug-likeness (QED) is 0.912. The maximum Gasteiger partial charge on any atom is 0.417 e. The van der Waals surface area contributed by atoms with Gasteiger partial charge in [0.2, 0.25) is 0 Å². The van der Waals surface area contributed by atoms with Crippen LogP contribution in [0.4, 0.5) is 21.0 Å². The molecule has 0 unspecified atom stereocenters. The second-order valence-corrected chi connectivity index (χ2v) is 4.73. The van der Waals surface area contributed by atoms with E-state index in [1.54, 1.807) is 50.5 Å². The average Bonchev–Trinajstić information content (AvgIpc) is 2.50. The molecule has 2 N–H and O–H groups in total. The van der Waals surface area contributed by atoms with Crippen molar-refractivity contribution in [1.29, 1.82) is 0 Å². The first kappa shape index (κ1) is 15.4. The van der Waals surface area contributed by atoms with Gasteiger partial charge in [-0.3, -0.25) is 5.32 Å². The number of benzene rings is 2. The number of nitrogens with one attached hydrogen (secondary N) is 2. The van der Waals surface area contributed by atoms with Crippen LogP contribution in [0.15, 0.2) is 54.6 Å². The van der Waals surface area contributed by atoms with E-state index in [2.05, 4.69) is 10.6 Å². The van der Waals surface area contributed by atoms with Crippen LogP contribution in [0.25, 0.3) is 0 Å². The van der Waals surface area contributed by atoms with Crippen LogP contribution in [0, 0.1) is 0 Å². The van der Waals surface area contributed by atoms with Crippen molar-refractivity contribution < 1.29 is 14.3 Å². The first-order valence-corrected chi connectivity index (χ1v) is 6.67. The van der Waals surface area contributed by atoms with Crippen molar-refractivity contribution in [2.75, 3.05) is 24.7 Å². The van der Waals surface area contributed by atoms with Crippen LogP contribution in [0.3, 0.4) is 0 Å². The number of amides is 3. The molecule has 0 saturated heterocycles. The van der Waals surface area contributed by atoms with Gasteiger partial charge in [0.15, 0.2) is 0 Å². The molecule has 2 rings (SSSR count). The first-order valence-electron chi connectivity index (χ1n) is 6.67. The van der Waals surface area contributed by atoms with Crippen LogP contribution in [0.5, 0.6) is 5.75 Å². The third kappa shape index (κ3) is 4.52. The van der Waals surface area contributed by atoms with Gasteiger partial charge in [-0.15, -0.1) is 0 Å². The van der Waals surface area contributed by atoms with Crippen molar-refractivity contribution in [2.24, 2.45) is 0 Å². The van der Waals surface area contributed by atoms with Gasteiger partial charge in [0, 0.05) is 25.5 Å². The highest BCUT2D eigenvalue weighted by Gasteiger charge is 2.06. The lowest BCUT2D eigenvalue weighted by molar-refractivity contribution is 0.215. The number of anilines is 2. The molecule has 0 aliphatic heterocycles. The van der Waals surface area contributed by atoms with Gasteiger partial charge in [-0.1, -0.05) is 18.2 Å². The summed E-state index contributed by atoms with van der Waals surface area (Å²) in [6.45, 7) is 0. The Labute approximate surface area is 128 Å². The van der Waals surface area contributed by atoms with Crippen LogP contribution in [-0.4, -0.2) is 31.1 Å². The lowest BCUT2D eigenvalue weighted by Gasteiger charge is -2.12. The summed E-state index contributed by atoms with van der Waals surface area (Å²) in [6, 6.07) is 15.3. The van der Waals surface area contributed by atoms with Crippen molar-refractivity contribution in [1.82, 2.24) is 4.90 Å². The Morgan fingerprint density at radius 3 is 2.05 bits per heavy atom. The van der Waals surface area contributed by atoms with Gasteiger partial charge >= 0.3 is 12.1 Å². The second-order valence-electron chi connectivity index (χ2n) is 4.73. The summed E-state index contributed by atoms with van der Waals surface area (Å²) in [5.41, 5.74) is 1.27. The predicted molar refractivity (Wildman–Crippen MR) is 85.2 cm³/mol. The third-order valence-electron chi connectivity index (χ3n) is 2.74. The SMILES string of the molecule is CN(C)C(=O)Nc1ccc(OC(=O)Nc2ccccc2)cc1. The topological polar surface area (TPSA) is 70.7 Å². The fraction of sp³-hybridized carbons (Fsp3) is 0.125. The zero-order chi connectivity index (χ0) is 15.9. The molecule has 0 bridgehead atoms. The van der Waals surface area contributed by atoms with Gasteiger partial charge < -0.3 is 15.0 Å². The van der Waals surface area contributed by atoms with Gasteiger partial charge in [0.1, 0.15) is 5.75 Å². The Balaban J connectivity index is 1.91. The van der Waals surface area contributed by atoms with Crippen molar-refractivity contribution in [3.05, 3.63) is 54.6 Å². The Kier molecular flexibility index (Phi) is 4.98. The van der Waals surface area contributed by atoms with E-state index in [4.69, 9.17) is 4.74 Å². The largest absolute Gasteiger partial charge is 0.417 e. The molecule has 0 fully saturated rings. The van der Waals surface area contributed by atoms with E-state index in [0.717, 1.165) is 0 Å². The predicted octanol–water partition coefficient (Wildman–Crippen LogP) is 3.39. The maximum atomic E-state index is 11.7. The number of carbonyl (C=O) groups is 2. The molecular weight excluding hydrogens is 282 g/mol. The molecule has 0 aromatic heterocycles. The molecule has 0 aliphatic carbocycles. The minimum Gasteiger partial charge on any atom is -0.410 e. The number of para-hydroxylation sites is 1. The van der Waals surface area contributed by atoms with Crippen LogP contribution < -0.4 is 15.4 Å². The Hall–Kier alpha value is -3.02. The number of hydrogen-bond acceptors (Lipinski definition) is 3. The number of ether oxygens (including phenoxy) is 1. The van der Waals surface area contributed by atoms with Gasteiger partial charge in [-0.2, -0.15) is 0 Å². The number of nitrogens with zero attached hydrogens (tertiary/aromatic N) is 1. The second kappa shape index (κ2) is 7.12. The molecule has 2 aromatic carbocycles. The van der Waals surface area contributed by atoms with E-state index in [9.17, 15) is 9.59 Å². The van der Waals surface area contributed by atoms with E-state index in [-0.39, 0.29) is 6.03 Å². The number of urea groups is 1. The van der Waals surface area contributed by atoms with Crippen molar-refractivity contribution in [3.63, 3.8) is 0 Å². The molecule has 0 radical (unpaired) electrons. The highest BCUT2D eigenvalue weighted by atomic mass is 16.6. The molecule has 114 valence electrons. The molecule has 6 heteroatoms. The minimum absolute atomic E-state index is 0.226. The van der Waals surface area contributed by atoms with E-state index in [1.165, 1.54) is 4.90 Å². The Bertz CT molecular complexity index is 639. The molecule has 6 nitrogen and oxygen atoms in total. The van der Waals surface area contributed by atoms with E-state index in [1.807, 2.05) is 18.2 Å². The molecule has 0 atom stereocenters. The molecule has 3 amide bonds. The number of carbonyl (C=O) groups excluding carboxylic acids is 2. The monoisotopic (exact) mass is 299 g/mol.